The molecular weight excluding hydrogens is 366 g/mol. The van der Waals surface area contributed by atoms with Crippen LogP contribution in [0.1, 0.15) is 25.3 Å². The lowest BCUT2D eigenvalue weighted by Crippen LogP contribution is -2.38. The number of hydrogen-bond donors (Lipinski definition) is 2. The fraction of sp³-hybridized carbons (Fsp3) is 0.278. The maximum absolute atomic E-state index is 12.5. The van der Waals surface area contributed by atoms with Crippen LogP contribution in [0.15, 0.2) is 39.9 Å². The highest BCUT2D eigenvalue weighted by atomic mass is 16.6. The molecule has 1 aromatic heterocycles. The van der Waals surface area contributed by atoms with Gasteiger partial charge in [-0.2, -0.15) is 0 Å². The number of nitrogens with one attached hydrogen (secondary N) is 1. The molecule has 0 fully saturated rings. The Balaban J connectivity index is 2.37. The second kappa shape index (κ2) is 8.80. The van der Waals surface area contributed by atoms with E-state index in [0.717, 1.165) is 17.4 Å². The summed E-state index contributed by atoms with van der Waals surface area (Å²) in [5.74, 6) is -0.742. The Kier molecular flexibility index (Phi) is 6.48. The molecule has 1 amide bonds. The summed E-state index contributed by atoms with van der Waals surface area (Å²) < 4.78 is 1.20. The van der Waals surface area contributed by atoms with Crippen molar-refractivity contribution in [2.24, 2.45) is 0 Å². The topological polar surface area (TPSA) is 144 Å². The lowest BCUT2D eigenvalue weighted by molar-refractivity contribution is -0.385. The third-order valence-corrected chi connectivity index (χ3v) is 4.15. The van der Waals surface area contributed by atoms with Crippen LogP contribution in [-0.4, -0.2) is 27.4 Å². The van der Waals surface area contributed by atoms with Gasteiger partial charge in [-0.25, -0.2) is 4.79 Å². The summed E-state index contributed by atoms with van der Waals surface area (Å²) in [6, 6.07) is 5.94. The van der Waals surface area contributed by atoms with Crippen LogP contribution in [0.3, 0.4) is 0 Å². The summed E-state index contributed by atoms with van der Waals surface area (Å²) in [4.78, 5) is 50.3. The first kappa shape index (κ1) is 20.6. The number of carbonyl (C=O) groups is 1. The fourth-order valence-corrected chi connectivity index (χ4v) is 2.62. The van der Waals surface area contributed by atoms with Gasteiger partial charge in [0.05, 0.1) is 10.5 Å². The van der Waals surface area contributed by atoms with Crippen LogP contribution in [0.5, 0.6) is 0 Å². The zero-order valence-corrected chi connectivity index (χ0v) is 15.5. The van der Waals surface area contributed by atoms with E-state index in [1.807, 2.05) is 6.92 Å². The number of rotatable bonds is 7. The van der Waals surface area contributed by atoms with Crippen molar-refractivity contribution in [2.45, 2.75) is 26.3 Å². The molecule has 0 aliphatic carbocycles. The number of hydrogen-bond acceptors (Lipinski definition) is 6. The second-order valence-electron chi connectivity index (χ2n) is 6.04. The Labute approximate surface area is 160 Å². The molecule has 1 heterocycles. The molecular formula is C18H21N5O5. The van der Waals surface area contributed by atoms with Crippen molar-refractivity contribution in [1.29, 1.82) is 0 Å². The maximum Gasteiger partial charge on any atom is 0.330 e. The third kappa shape index (κ3) is 4.34. The van der Waals surface area contributed by atoms with Gasteiger partial charge in [-0.05, 0) is 18.6 Å². The molecule has 0 bridgehead atoms. The first-order valence-electron chi connectivity index (χ1n) is 8.59. The molecule has 0 unspecified atom stereocenters. The summed E-state index contributed by atoms with van der Waals surface area (Å²) in [7, 11) is 1.33. The number of para-hydroxylation sites is 1. The van der Waals surface area contributed by atoms with Crippen molar-refractivity contribution in [3.8, 4) is 0 Å². The summed E-state index contributed by atoms with van der Waals surface area (Å²) in [6.45, 7) is 2.25. The molecule has 0 spiro atoms. The first-order valence-corrected chi connectivity index (χ1v) is 8.59. The third-order valence-electron chi connectivity index (χ3n) is 4.15. The largest absolute Gasteiger partial charge is 0.383 e. The van der Waals surface area contributed by atoms with Gasteiger partial charge in [-0.1, -0.05) is 25.5 Å². The molecule has 10 heteroatoms. The van der Waals surface area contributed by atoms with E-state index in [9.17, 15) is 24.5 Å². The van der Waals surface area contributed by atoms with Gasteiger partial charge in [0.25, 0.3) is 17.2 Å². The number of aromatic amines is 1. The van der Waals surface area contributed by atoms with Gasteiger partial charge in [0.15, 0.2) is 5.69 Å². The number of aromatic nitrogens is 2. The SMILES string of the molecule is CCCCn1c(N)c(N(C)C(=O)C=Cc2ccccc2[N+](=O)[O-])c(=O)[nH]c1=O. The molecule has 2 rings (SSSR count). The Hall–Kier alpha value is -3.69. The van der Waals surface area contributed by atoms with Crippen molar-refractivity contribution in [3.05, 3.63) is 66.9 Å². The van der Waals surface area contributed by atoms with Crippen LogP contribution in [0.2, 0.25) is 0 Å². The molecule has 0 saturated carbocycles. The number of likely N-dealkylation sites (N-methyl/N-ethyl adjacent to an activating group) is 1. The standard InChI is InChI=1S/C18H21N5O5/c1-3-4-11-22-16(19)15(17(25)20-18(22)26)21(2)14(24)10-9-12-7-5-6-8-13(12)23(27)28/h5-10H,3-4,11,19H2,1-2H3,(H,20,25,26). The van der Waals surface area contributed by atoms with Gasteiger partial charge in [0.2, 0.25) is 0 Å². The summed E-state index contributed by atoms with van der Waals surface area (Å²) in [5.41, 5.74) is 4.47. The van der Waals surface area contributed by atoms with Gasteiger partial charge < -0.3 is 10.6 Å². The van der Waals surface area contributed by atoms with Crippen molar-refractivity contribution < 1.29 is 9.72 Å². The smallest absolute Gasteiger partial charge is 0.330 e. The lowest BCUT2D eigenvalue weighted by atomic mass is 10.1. The van der Waals surface area contributed by atoms with Crippen LogP contribution >= 0.6 is 0 Å². The minimum atomic E-state index is -0.787. The van der Waals surface area contributed by atoms with Gasteiger partial charge in [0.1, 0.15) is 5.82 Å². The number of benzene rings is 1. The van der Waals surface area contributed by atoms with E-state index >= 15 is 0 Å². The van der Waals surface area contributed by atoms with Gasteiger partial charge in [0, 0.05) is 25.7 Å². The van der Waals surface area contributed by atoms with E-state index < -0.39 is 22.1 Å². The monoisotopic (exact) mass is 387 g/mol. The molecule has 0 atom stereocenters. The van der Waals surface area contributed by atoms with Crippen LogP contribution < -0.4 is 21.9 Å². The second-order valence-corrected chi connectivity index (χ2v) is 6.04. The van der Waals surface area contributed by atoms with Crippen molar-refractivity contribution >= 4 is 29.2 Å². The highest BCUT2D eigenvalue weighted by Gasteiger charge is 2.19. The van der Waals surface area contributed by atoms with Gasteiger partial charge in [-0.15, -0.1) is 0 Å². The molecule has 0 aliphatic heterocycles. The van der Waals surface area contributed by atoms with E-state index in [4.69, 9.17) is 5.73 Å². The molecule has 28 heavy (non-hydrogen) atoms. The summed E-state index contributed by atoms with van der Waals surface area (Å²) in [6.07, 6.45) is 3.87. The fourth-order valence-electron chi connectivity index (χ4n) is 2.62. The van der Waals surface area contributed by atoms with Crippen molar-refractivity contribution in [3.63, 3.8) is 0 Å². The predicted molar refractivity (Wildman–Crippen MR) is 106 cm³/mol. The van der Waals surface area contributed by atoms with Crippen LogP contribution in [0.25, 0.3) is 6.08 Å². The number of amides is 1. The number of unbranched alkanes of at least 4 members (excludes halogenated alkanes) is 1. The highest BCUT2D eigenvalue weighted by molar-refractivity contribution is 6.04. The van der Waals surface area contributed by atoms with Crippen LogP contribution in [0.4, 0.5) is 17.2 Å². The number of nitrogens with two attached hydrogens (primary N) is 1. The molecule has 2 aromatic rings. The zero-order chi connectivity index (χ0) is 20.8. The first-order chi connectivity index (χ1) is 13.3. The minimum absolute atomic E-state index is 0.114. The number of nitrogen functional groups attached to an aromatic ring is 1. The Morgan fingerprint density at radius 1 is 1.36 bits per heavy atom. The number of carbonyl (C=O) groups excluding carboxylic acids is 1. The molecule has 0 radical (unpaired) electrons. The number of nitrogens with zero attached hydrogens (tertiary/aromatic N) is 3. The zero-order valence-electron chi connectivity index (χ0n) is 15.5. The molecule has 3 N–H and O–H groups in total. The quantitative estimate of drug-likeness (QED) is 0.418. The number of H-pyrrole nitrogens is 1. The normalized spacial score (nSPS) is 10.9. The number of anilines is 2. The predicted octanol–water partition coefficient (Wildman–Crippen LogP) is 1.50. The van der Waals surface area contributed by atoms with Gasteiger partial charge in [-0.3, -0.25) is 29.3 Å². The average molecular weight is 387 g/mol. The highest BCUT2D eigenvalue weighted by Crippen LogP contribution is 2.20. The summed E-state index contributed by atoms with van der Waals surface area (Å²) >= 11 is 0. The van der Waals surface area contributed by atoms with E-state index in [1.54, 1.807) is 6.07 Å². The maximum atomic E-state index is 12.5. The number of nitro groups is 1. The van der Waals surface area contributed by atoms with E-state index in [2.05, 4.69) is 4.98 Å². The Bertz CT molecular complexity index is 1040. The van der Waals surface area contributed by atoms with Crippen LogP contribution in [-0.2, 0) is 11.3 Å². The Morgan fingerprint density at radius 2 is 2.04 bits per heavy atom. The average Bonchev–Trinajstić information content (AvgIpc) is 2.65. The van der Waals surface area contributed by atoms with Crippen molar-refractivity contribution in [1.82, 2.24) is 9.55 Å². The molecule has 0 saturated heterocycles. The molecule has 0 aliphatic rings. The van der Waals surface area contributed by atoms with E-state index in [0.29, 0.717) is 13.0 Å². The molecule has 1 aromatic carbocycles. The van der Waals surface area contributed by atoms with Crippen molar-refractivity contribution in [2.75, 3.05) is 17.7 Å². The van der Waals surface area contributed by atoms with E-state index in [1.165, 1.54) is 35.9 Å². The van der Waals surface area contributed by atoms with E-state index in [-0.39, 0.29) is 22.8 Å². The number of nitro benzene ring substituents is 1. The molecule has 148 valence electrons. The summed E-state index contributed by atoms with van der Waals surface area (Å²) in [5, 5.41) is 11.0. The molecule has 10 nitrogen and oxygen atoms in total. The Morgan fingerprint density at radius 3 is 2.68 bits per heavy atom. The van der Waals surface area contributed by atoms with Crippen LogP contribution in [0, 0.1) is 10.1 Å². The van der Waals surface area contributed by atoms with Gasteiger partial charge >= 0.3 is 5.69 Å². The lowest BCUT2D eigenvalue weighted by Gasteiger charge is -2.19. The minimum Gasteiger partial charge on any atom is -0.383 e.